The summed E-state index contributed by atoms with van der Waals surface area (Å²) in [4.78, 5) is 1.36. The van der Waals surface area contributed by atoms with Crippen LogP contribution in [0.25, 0.3) is 0 Å². The normalized spacial score (nSPS) is 11.9. The first-order chi connectivity index (χ1) is 10.2. The molecule has 2 rings (SSSR count). The van der Waals surface area contributed by atoms with Crippen molar-refractivity contribution in [2.24, 2.45) is 0 Å². The molecule has 0 aliphatic carbocycles. The number of thiophene rings is 1. The maximum atomic E-state index is 5.60. The molecule has 1 aromatic heterocycles. The van der Waals surface area contributed by atoms with E-state index in [1.165, 1.54) is 4.88 Å². The average Bonchev–Trinajstić information content (AvgIpc) is 3.01. The standard InChI is InChI=1S/C17H18BrNOS/c1-3-9-20-16-8-7-14(18)11-13(16)12-19-15(4-2)17-6-5-10-21-17/h1,5-8,10-11,15,19H,4,9,12H2,2H3. The summed E-state index contributed by atoms with van der Waals surface area (Å²) >= 11 is 5.29. The summed E-state index contributed by atoms with van der Waals surface area (Å²) in [5.41, 5.74) is 1.11. The van der Waals surface area contributed by atoms with Crippen LogP contribution in [0.2, 0.25) is 0 Å². The van der Waals surface area contributed by atoms with Gasteiger partial charge in [0, 0.05) is 27.5 Å². The second-order valence-corrected chi connectivity index (χ2v) is 6.50. The third-order valence-electron chi connectivity index (χ3n) is 3.17. The molecule has 1 unspecified atom stereocenters. The summed E-state index contributed by atoms with van der Waals surface area (Å²) in [7, 11) is 0. The van der Waals surface area contributed by atoms with E-state index >= 15 is 0 Å². The lowest BCUT2D eigenvalue weighted by atomic mass is 10.1. The fourth-order valence-electron chi connectivity index (χ4n) is 2.12. The van der Waals surface area contributed by atoms with Gasteiger partial charge in [0.1, 0.15) is 12.4 Å². The fraction of sp³-hybridized carbons (Fsp3) is 0.294. The number of hydrogen-bond acceptors (Lipinski definition) is 3. The lowest BCUT2D eigenvalue weighted by Crippen LogP contribution is -2.20. The Morgan fingerprint density at radius 3 is 2.95 bits per heavy atom. The highest BCUT2D eigenvalue weighted by molar-refractivity contribution is 9.10. The number of terminal acetylenes is 1. The lowest BCUT2D eigenvalue weighted by Gasteiger charge is -2.17. The minimum atomic E-state index is 0.288. The molecule has 1 N–H and O–H groups in total. The van der Waals surface area contributed by atoms with Crippen LogP contribution in [0.1, 0.15) is 29.8 Å². The molecule has 0 amide bonds. The Bertz CT molecular complexity index is 604. The lowest BCUT2D eigenvalue weighted by molar-refractivity contribution is 0.363. The molecule has 21 heavy (non-hydrogen) atoms. The Labute approximate surface area is 138 Å². The summed E-state index contributed by atoms with van der Waals surface area (Å²) in [6.07, 6.45) is 6.32. The molecule has 0 saturated heterocycles. The van der Waals surface area contributed by atoms with Crippen LogP contribution in [0.5, 0.6) is 5.75 Å². The van der Waals surface area contributed by atoms with Crippen LogP contribution in [0.4, 0.5) is 0 Å². The molecule has 0 saturated carbocycles. The minimum absolute atomic E-state index is 0.288. The van der Waals surface area contributed by atoms with Crippen LogP contribution in [-0.2, 0) is 6.54 Å². The van der Waals surface area contributed by atoms with Gasteiger partial charge in [0.15, 0.2) is 0 Å². The third-order valence-corrected chi connectivity index (χ3v) is 4.65. The molecule has 2 aromatic rings. The highest BCUT2D eigenvalue weighted by atomic mass is 79.9. The van der Waals surface area contributed by atoms with Crippen molar-refractivity contribution in [1.29, 1.82) is 0 Å². The van der Waals surface area contributed by atoms with Crippen molar-refractivity contribution in [3.63, 3.8) is 0 Å². The van der Waals surface area contributed by atoms with Crippen molar-refractivity contribution in [1.82, 2.24) is 5.32 Å². The predicted octanol–water partition coefficient (Wildman–Crippen LogP) is 4.76. The van der Waals surface area contributed by atoms with Gasteiger partial charge in [-0.3, -0.25) is 0 Å². The first-order valence-electron chi connectivity index (χ1n) is 6.86. The van der Waals surface area contributed by atoms with E-state index in [1.54, 1.807) is 11.3 Å². The third kappa shape index (κ3) is 4.60. The molecule has 1 atom stereocenters. The van der Waals surface area contributed by atoms with Crippen LogP contribution in [-0.4, -0.2) is 6.61 Å². The van der Waals surface area contributed by atoms with Gasteiger partial charge in [-0.1, -0.05) is 34.8 Å². The van der Waals surface area contributed by atoms with Crippen molar-refractivity contribution in [2.45, 2.75) is 25.9 Å². The molecule has 0 aliphatic rings. The van der Waals surface area contributed by atoms with Crippen LogP contribution in [0, 0.1) is 12.3 Å². The predicted molar refractivity (Wildman–Crippen MR) is 92.7 cm³/mol. The highest BCUT2D eigenvalue weighted by Gasteiger charge is 2.11. The van der Waals surface area contributed by atoms with Gasteiger partial charge in [-0.2, -0.15) is 0 Å². The van der Waals surface area contributed by atoms with Gasteiger partial charge < -0.3 is 10.1 Å². The number of hydrogen-bond donors (Lipinski definition) is 1. The zero-order valence-electron chi connectivity index (χ0n) is 11.9. The fourth-order valence-corrected chi connectivity index (χ4v) is 3.41. The van der Waals surface area contributed by atoms with Gasteiger partial charge >= 0.3 is 0 Å². The molecule has 0 spiro atoms. The number of ether oxygens (including phenoxy) is 1. The van der Waals surface area contributed by atoms with Gasteiger partial charge in [-0.15, -0.1) is 17.8 Å². The van der Waals surface area contributed by atoms with Crippen molar-refractivity contribution < 1.29 is 4.74 Å². The van der Waals surface area contributed by atoms with Crippen molar-refractivity contribution in [3.05, 3.63) is 50.6 Å². The number of nitrogens with one attached hydrogen (secondary N) is 1. The van der Waals surface area contributed by atoms with E-state index in [9.17, 15) is 0 Å². The first kappa shape index (κ1) is 16.1. The van der Waals surface area contributed by atoms with E-state index in [1.807, 2.05) is 12.1 Å². The topological polar surface area (TPSA) is 21.3 Å². The van der Waals surface area contributed by atoms with E-state index in [-0.39, 0.29) is 6.61 Å². The molecule has 110 valence electrons. The maximum absolute atomic E-state index is 5.60. The number of rotatable bonds is 7. The highest BCUT2D eigenvalue weighted by Crippen LogP contribution is 2.26. The zero-order chi connectivity index (χ0) is 15.1. The van der Waals surface area contributed by atoms with Gasteiger partial charge in [0.25, 0.3) is 0 Å². The van der Waals surface area contributed by atoms with Gasteiger partial charge in [0.2, 0.25) is 0 Å². The SMILES string of the molecule is C#CCOc1ccc(Br)cc1CNC(CC)c1cccs1. The van der Waals surface area contributed by atoms with Crippen molar-refractivity contribution >= 4 is 27.3 Å². The molecule has 0 fully saturated rings. The number of halogens is 1. The Balaban J connectivity index is 2.07. The summed E-state index contributed by atoms with van der Waals surface area (Å²) in [5.74, 6) is 3.34. The van der Waals surface area contributed by atoms with Crippen LogP contribution >= 0.6 is 27.3 Å². The van der Waals surface area contributed by atoms with Gasteiger partial charge in [-0.05, 0) is 36.1 Å². The Hall–Kier alpha value is -1.28. The quantitative estimate of drug-likeness (QED) is 0.715. The van der Waals surface area contributed by atoms with E-state index in [4.69, 9.17) is 11.2 Å². The Kier molecular flexibility index (Phi) is 6.31. The average molecular weight is 364 g/mol. The van der Waals surface area contributed by atoms with Crippen LogP contribution in [0.3, 0.4) is 0 Å². The first-order valence-corrected chi connectivity index (χ1v) is 8.53. The molecular weight excluding hydrogens is 346 g/mol. The Morgan fingerprint density at radius 1 is 1.43 bits per heavy atom. The van der Waals surface area contributed by atoms with E-state index in [0.717, 1.165) is 28.8 Å². The Morgan fingerprint density at radius 2 is 2.29 bits per heavy atom. The van der Waals surface area contributed by atoms with Crippen LogP contribution < -0.4 is 10.1 Å². The molecule has 0 aliphatic heterocycles. The van der Waals surface area contributed by atoms with Gasteiger partial charge in [-0.25, -0.2) is 0 Å². The summed E-state index contributed by atoms with van der Waals surface area (Å²) in [6.45, 7) is 3.22. The summed E-state index contributed by atoms with van der Waals surface area (Å²) < 4.78 is 6.64. The van der Waals surface area contributed by atoms with Crippen molar-refractivity contribution in [2.75, 3.05) is 6.61 Å². The molecule has 4 heteroatoms. The molecule has 1 aromatic carbocycles. The second-order valence-electron chi connectivity index (χ2n) is 4.60. The summed E-state index contributed by atoms with van der Waals surface area (Å²) in [6, 6.07) is 10.6. The molecule has 0 bridgehead atoms. The molecule has 1 heterocycles. The molecule has 2 nitrogen and oxygen atoms in total. The van der Waals surface area contributed by atoms with E-state index < -0.39 is 0 Å². The van der Waals surface area contributed by atoms with E-state index in [0.29, 0.717) is 6.04 Å². The monoisotopic (exact) mass is 363 g/mol. The maximum Gasteiger partial charge on any atom is 0.148 e. The van der Waals surface area contributed by atoms with Crippen LogP contribution in [0.15, 0.2) is 40.2 Å². The minimum Gasteiger partial charge on any atom is -0.481 e. The number of benzene rings is 1. The van der Waals surface area contributed by atoms with E-state index in [2.05, 4.69) is 57.7 Å². The molecular formula is C17H18BrNOS. The zero-order valence-corrected chi connectivity index (χ0v) is 14.3. The molecule has 0 radical (unpaired) electrons. The summed E-state index contributed by atoms with van der Waals surface area (Å²) in [5, 5.41) is 5.70. The van der Waals surface area contributed by atoms with Gasteiger partial charge in [0.05, 0.1) is 0 Å². The smallest absolute Gasteiger partial charge is 0.148 e. The second kappa shape index (κ2) is 8.23. The van der Waals surface area contributed by atoms with Crippen molar-refractivity contribution in [3.8, 4) is 18.1 Å². The largest absolute Gasteiger partial charge is 0.481 e.